The number of halogens is 2. The fraction of sp³-hybridized carbons (Fsp3) is 0.429. The van der Waals surface area contributed by atoms with Crippen LogP contribution >= 0.6 is 23.2 Å². The summed E-state index contributed by atoms with van der Waals surface area (Å²) in [5.41, 5.74) is 0. The Morgan fingerprint density at radius 3 is 2.52 bits per heavy atom. The van der Waals surface area contributed by atoms with Crippen molar-refractivity contribution in [3.8, 4) is 5.75 Å². The zero-order chi connectivity index (χ0) is 16.0. The number of hydrogen-bond acceptors (Lipinski definition) is 3. The van der Waals surface area contributed by atoms with Crippen LogP contribution in [0.5, 0.6) is 5.75 Å². The first kappa shape index (κ1) is 17.6. The Morgan fingerprint density at radius 2 is 2.00 bits per heavy atom. The second-order valence-electron chi connectivity index (χ2n) is 4.95. The number of ether oxygens (including phenoxy) is 1. The molecule has 1 aromatic carbocycles. The average Bonchev–Trinajstić information content (AvgIpc) is 2.36. The molecule has 0 spiro atoms. The van der Waals surface area contributed by atoms with Gasteiger partial charge in [0.05, 0.1) is 5.02 Å². The van der Waals surface area contributed by atoms with Crippen LogP contribution in [0.25, 0.3) is 0 Å². The number of carbonyl (C=O) groups is 2. The minimum Gasteiger partial charge on any atom is -0.482 e. The predicted octanol–water partition coefficient (Wildman–Crippen LogP) is 2.99. The summed E-state index contributed by atoms with van der Waals surface area (Å²) < 4.78 is 5.24. The molecule has 0 heterocycles. The van der Waals surface area contributed by atoms with Crippen molar-refractivity contribution in [3.63, 3.8) is 0 Å². The number of aliphatic carboxylic acids is 1. The summed E-state index contributed by atoms with van der Waals surface area (Å²) in [6.07, 6.45) is 0.350. The average molecular weight is 334 g/mol. The molecule has 0 radical (unpaired) electrons. The molecule has 2 N–H and O–H groups in total. The normalized spacial score (nSPS) is 12.0. The van der Waals surface area contributed by atoms with E-state index in [1.54, 1.807) is 12.1 Å². The Balaban J connectivity index is 2.54. The minimum atomic E-state index is -1.07. The number of benzene rings is 1. The number of hydrogen-bond donors (Lipinski definition) is 2. The van der Waals surface area contributed by atoms with Gasteiger partial charge >= 0.3 is 5.97 Å². The van der Waals surface area contributed by atoms with E-state index in [-0.39, 0.29) is 17.5 Å². The molecule has 1 amide bonds. The van der Waals surface area contributed by atoms with Crippen LogP contribution < -0.4 is 10.1 Å². The van der Waals surface area contributed by atoms with Gasteiger partial charge in [-0.15, -0.1) is 0 Å². The summed E-state index contributed by atoms with van der Waals surface area (Å²) in [6.45, 7) is 3.45. The number of amides is 1. The number of carbonyl (C=O) groups excluding carboxylic acids is 1. The molecule has 0 aromatic heterocycles. The molecule has 116 valence electrons. The van der Waals surface area contributed by atoms with E-state index >= 15 is 0 Å². The van der Waals surface area contributed by atoms with Crippen molar-refractivity contribution >= 4 is 35.1 Å². The number of carboxylic acid groups (broad SMARTS) is 1. The summed E-state index contributed by atoms with van der Waals surface area (Å²) in [6, 6.07) is 3.69. The maximum absolute atomic E-state index is 11.7. The van der Waals surface area contributed by atoms with E-state index < -0.39 is 17.9 Å². The van der Waals surface area contributed by atoms with E-state index in [1.165, 1.54) is 6.07 Å². The minimum absolute atomic E-state index is 0.151. The Morgan fingerprint density at radius 1 is 1.33 bits per heavy atom. The van der Waals surface area contributed by atoms with Crippen molar-refractivity contribution < 1.29 is 19.4 Å². The standard InChI is InChI=1S/C14H17Cl2NO4/c1-8(2)5-11(14(19)20)17-13(18)7-21-12-4-3-9(15)6-10(12)16/h3-4,6,8,11H,5,7H2,1-2H3,(H,17,18)(H,19,20). The fourth-order valence-corrected chi connectivity index (χ4v) is 2.13. The predicted molar refractivity (Wildman–Crippen MR) is 81.0 cm³/mol. The number of nitrogens with one attached hydrogen (secondary N) is 1. The van der Waals surface area contributed by atoms with E-state index in [0.717, 1.165) is 0 Å². The topological polar surface area (TPSA) is 75.6 Å². The second-order valence-corrected chi connectivity index (χ2v) is 5.79. The largest absolute Gasteiger partial charge is 0.482 e. The van der Waals surface area contributed by atoms with Crippen molar-refractivity contribution in [2.75, 3.05) is 6.61 Å². The van der Waals surface area contributed by atoms with Gasteiger partial charge in [-0.3, -0.25) is 4.79 Å². The van der Waals surface area contributed by atoms with Crippen LogP contribution in [0.1, 0.15) is 20.3 Å². The summed E-state index contributed by atoms with van der Waals surface area (Å²) >= 11 is 11.6. The van der Waals surface area contributed by atoms with Gasteiger partial charge in [-0.1, -0.05) is 37.0 Å². The van der Waals surface area contributed by atoms with Crippen LogP contribution in [0.2, 0.25) is 10.0 Å². The Kier molecular flexibility index (Phi) is 6.78. The summed E-state index contributed by atoms with van der Waals surface area (Å²) in [7, 11) is 0. The molecule has 1 rings (SSSR count). The Bertz CT molecular complexity index is 520. The molecule has 0 bridgehead atoms. The molecule has 21 heavy (non-hydrogen) atoms. The smallest absolute Gasteiger partial charge is 0.326 e. The van der Waals surface area contributed by atoms with Gasteiger partial charge in [-0.25, -0.2) is 4.79 Å². The van der Waals surface area contributed by atoms with Crippen LogP contribution in [-0.4, -0.2) is 29.6 Å². The summed E-state index contributed by atoms with van der Waals surface area (Å²) in [4.78, 5) is 22.8. The molecule has 0 aliphatic carbocycles. The van der Waals surface area contributed by atoms with Crippen LogP contribution in [0.4, 0.5) is 0 Å². The third kappa shape index (κ3) is 6.23. The molecule has 5 nitrogen and oxygen atoms in total. The van der Waals surface area contributed by atoms with Crippen molar-refractivity contribution in [2.45, 2.75) is 26.3 Å². The van der Waals surface area contributed by atoms with Crippen molar-refractivity contribution in [1.29, 1.82) is 0 Å². The Hall–Kier alpha value is -1.46. The van der Waals surface area contributed by atoms with Gasteiger partial charge < -0.3 is 15.2 Å². The molecule has 1 aromatic rings. The highest BCUT2D eigenvalue weighted by Crippen LogP contribution is 2.27. The summed E-state index contributed by atoms with van der Waals surface area (Å²) in [5, 5.41) is 12.2. The zero-order valence-electron chi connectivity index (χ0n) is 11.7. The van der Waals surface area contributed by atoms with Gasteiger partial charge in [0.1, 0.15) is 11.8 Å². The molecule has 0 fully saturated rings. The van der Waals surface area contributed by atoms with Crippen molar-refractivity contribution in [1.82, 2.24) is 5.32 Å². The van der Waals surface area contributed by atoms with Gasteiger partial charge in [0, 0.05) is 5.02 Å². The molecule has 7 heteroatoms. The lowest BCUT2D eigenvalue weighted by Gasteiger charge is -2.16. The highest BCUT2D eigenvalue weighted by molar-refractivity contribution is 6.35. The van der Waals surface area contributed by atoms with Gasteiger partial charge in [-0.2, -0.15) is 0 Å². The quantitative estimate of drug-likeness (QED) is 0.804. The van der Waals surface area contributed by atoms with Gasteiger partial charge in [-0.05, 0) is 30.5 Å². The second kappa shape index (κ2) is 8.10. The number of carboxylic acids is 1. The first-order valence-corrected chi connectivity index (χ1v) is 7.15. The molecule has 0 aliphatic rings. The maximum atomic E-state index is 11.7. The zero-order valence-corrected chi connectivity index (χ0v) is 13.2. The van der Waals surface area contributed by atoms with Gasteiger partial charge in [0.25, 0.3) is 5.91 Å². The summed E-state index contributed by atoms with van der Waals surface area (Å²) in [5.74, 6) is -1.12. The first-order chi connectivity index (χ1) is 9.79. The highest BCUT2D eigenvalue weighted by Gasteiger charge is 2.21. The van der Waals surface area contributed by atoms with Gasteiger partial charge in [0.2, 0.25) is 0 Å². The molecule has 0 aliphatic heterocycles. The van der Waals surface area contributed by atoms with Crippen LogP contribution in [0.15, 0.2) is 18.2 Å². The van der Waals surface area contributed by atoms with Gasteiger partial charge in [0.15, 0.2) is 6.61 Å². The first-order valence-electron chi connectivity index (χ1n) is 6.39. The molecule has 0 saturated heterocycles. The monoisotopic (exact) mass is 333 g/mol. The fourth-order valence-electron chi connectivity index (χ4n) is 1.66. The van der Waals surface area contributed by atoms with Crippen LogP contribution in [-0.2, 0) is 9.59 Å². The Labute approximate surface area is 133 Å². The molecule has 1 atom stereocenters. The lowest BCUT2D eigenvalue weighted by molar-refractivity contribution is -0.142. The molecule has 1 unspecified atom stereocenters. The number of rotatable bonds is 7. The highest BCUT2D eigenvalue weighted by atomic mass is 35.5. The van der Waals surface area contributed by atoms with Crippen LogP contribution in [0, 0.1) is 5.92 Å². The molecular weight excluding hydrogens is 317 g/mol. The van der Waals surface area contributed by atoms with E-state index in [9.17, 15) is 9.59 Å². The van der Waals surface area contributed by atoms with E-state index in [0.29, 0.717) is 17.2 Å². The molecular formula is C14H17Cl2NO4. The third-order valence-corrected chi connectivity index (χ3v) is 3.12. The van der Waals surface area contributed by atoms with Crippen molar-refractivity contribution in [3.05, 3.63) is 28.2 Å². The molecule has 0 saturated carbocycles. The van der Waals surface area contributed by atoms with E-state index in [1.807, 2.05) is 13.8 Å². The van der Waals surface area contributed by atoms with E-state index in [4.69, 9.17) is 33.0 Å². The van der Waals surface area contributed by atoms with Crippen LogP contribution in [0.3, 0.4) is 0 Å². The lowest BCUT2D eigenvalue weighted by Crippen LogP contribution is -2.43. The third-order valence-electron chi connectivity index (χ3n) is 2.59. The van der Waals surface area contributed by atoms with E-state index in [2.05, 4.69) is 5.32 Å². The maximum Gasteiger partial charge on any atom is 0.326 e. The van der Waals surface area contributed by atoms with Crippen molar-refractivity contribution in [2.24, 2.45) is 5.92 Å². The lowest BCUT2D eigenvalue weighted by atomic mass is 10.0. The SMILES string of the molecule is CC(C)CC(NC(=O)COc1ccc(Cl)cc1Cl)C(=O)O.